The van der Waals surface area contributed by atoms with Crippen LogP contribution in [0.25, 0.3) is 11.5 Å². The van der Waals surface area contributed by atoms with Gasteiger partial charge in [0.1, 0.15) is 5.69 Å². The molecule has 3 aromatic rings. The molecule has 0 aromatic carbocycles. The SMILES string of the molecule is Cc1ccc(-c2noc(C(C)Cn3cccn3)n2)nn1. The van der Waals surface area contributed by atoms with Crippen LogP contribution in [0, 0.1) is 6.92 Å². The first-order valence-corrected chi connectivity index (χ1v) is 6.34. The lowest BCUT2D eigenvalue weighted by Crippen LogP contribution is -2.06. The van der Waals surface area contributed by atoms with Gasteiger partial charge in [-0.1, -0.05) is 12.1 Å². The Bertz CT molecular complexity index is 673. The van der Waals surface area contributed by atoms with Gasteiger partial charge < -0.3 is 4.52 Å². The maximum atomic E-state index is 5.29. The lowest BCUT2D eigenvalue weighted by atomic mass is 10.2. The highest BCUT2D eigenvalue weighted by atomic mass is 16.5. The number of hydrogen-bond donors (Lipinski definition) is 0. The average molecular weight is 270 g/mol. The smallest absolute Gasteiger partial charge is 0.231 e. The van der Waals surface area contributed by atoms with Crippen LogP contribution in [0.15, 0.2) is 35.1 Å². The minimum Gasteiger partial charge on any atom is -0.339 e. The number of hydrogen-bond acceptors (Lipinski definition) is 6. The van der Waals surface area contributed by atoms with E-state index in [-0.39, 0.29) is 5.92 Å². The van der Waals surface area contributed by atoms with Gasteiger partial charge in [-0.2, -0.15) is 15.2 Å². The molecule has 0 bridgehead atoms. The summed E-state index contributed by atoms with van der Waals surface area (Å²) in [5.74, 6) is 1.10. The molecule has 102 valence electrons. The maximum absolute atomic E-state index is 5.29. The summed E-state index contributed by atoms with van der Waals surface area (Å²) in [7, 11) is 0. The summed E-state index contributed by atoms with van der Waals surface area (Å²) >= 11 is 0. The van der Waals surface area contributed by atoms with Crippen molar-refractivity contribution in [1.82, 2.24) is 30.1 Å². The zero-order valence-corrected chi connectivity index (χ0v) is 11.3. The van der Waals surface area contributed by atoms with E-state index in [1.165, 1.54) is 0 Å². The zero-order valence-electron chi connectivity index (χ0n) is 11.3. The van der Waals surface area contributed by atoms with Gasteiger partial charge in [0.15, 0.2) is 0 Å². The molecule has 7 heteroatoms. The first kappa shape index (κ1) is 12.5. The van der Waals surface area contributed by atoms with Gasteiger partial charge in [0, 0.05) is 12.4 Å². The fourth-order valence-electron chi connectivity index (χ4n) is 1.82. The van der Waals surface area contributed by atoms with E-state index in [2.05, 4.69) is 25.4 Å². The third-order valence-electron chi connectivity index (χ3n) is 2.91. The van der Waals surface area contributed by atoms with Crippen LogP contribution in [-0.4, -0.2) is 30.1 Å². The van der Waals surface area contributed by atoms with E-state index in [9.17, 15) is 0 Å². The van der Waals surface area contributed by atoms with Crippen molar-refractivity contribution in [3.63, 3.8) is 0 Å². The second kappa shape index (κ2) is 5.20. The van der Waals surface area contributed by atoms with E-state index < -0.39 is 0 Å². The van der Waals surface area contributed by atoms with Gasteiger partial charge in [0.05, 0.1) is 18.2 Å². The first-order valence-electron chi connectivity index (χ1n) is 6.34. The molecule has 0 fully saturated rings. The third-order valence-corrected chi connectivity index (χ3v) is 2.91. The van der Waals surface area contributed by atoms with Crippen molar-refractivity contribution in [2.24, 2.45) is 0 Å². The van der Waals surface area contributed by atoms with Crippen LogP contribution in [0.1, 0.15) is 24.4 Å². The quantitative estimate of drug-likeness (QED) is 0.719. The Morgan fingerprint density at radius 3 is 2.90 bits per heavy atom. The second-order valence-corrected chi connectivity index (χ2v) is 4.65. The van der Waals surface area contributed by atoms with Crippen LogP contribution >= 0.6 is 0 Å². The molecule has 0 amide bonds. The summed E-state index contributed by atoms with van der Waals surface area (Å²) in [5, 5.41) is 16.1. The molecule has 7 nitrogen and oxygen atoms in total. The molecule has 0 saturated carbocycles. The van der Waals surface area contributed by atoms with Crippen LogP contribution in [0.4, 0.5) is 0 Å². The Balaban J connectivity index is 1.77. The van der Waals surface area contributed by atoms with Gasteiger partial charge in [-0.3, -0.25) is 4.68 Å². The topological polar surface area (TPSA) is 82.5 Å². The van der Waals surface area contributed by atoms with Crippen LogP contribution in [-0.2, 0) is 6.54 Å². The van der Waals surface area contributed by atoms with Gasteiger partial charge in [-0.15, -0.1) is 5.10 Å². The van der Waals surface area contributed by atoms with Crippen molar-refractivity contribution in [3.05, 3.63) is 42.2 Å². The average Bonchev–Trinajstić information content (AvgIpc) is 3.10. The van der Waals surface area contributed by atoms with Crippen LogP contribution < -0.4 is 0 Å². The minimum atomic E-state index is 0.0783. The molecule has 0 aliphatic heterocycles. The Morgan fingerprint density at radius 2 is 2.20 bits per heavy atom. The normalized spacial score (nSPS) is 12.5. The van der Waals surface area contributed by atoms with Crippen molar-refractivity contribution >= 4 is 0 Å². The highest BCUT2D eigenvalue weighted by Crippen LogP contribution is 2.19. The molecule has 1 atom stereocenters. The second-order valence-electron chi connectivity index (χ2n) is 4.65. The van der Waals surface area contributed by atoms with Crippen molar-refractivity contribution in [2.75, 3.05) is 0 Å². The molecule has 3 heterocycles. The molecule has 3 rings (SSSR count). The van der Waals surface area contributed by atoms with E-state index in [4.69, 9.17) is 4.52 Å². The van der Waals surface area contributed by atoms with Gasteiger partial charge in [-0.05, 0) is 25.1 Å². The first-order chi connectivity index (χ1) is 9.72. The predicted octanol–water partition coefficient (Wildman–Crippen LogP) is 1.84. The number of aryl methyl sites for hydroxylation is 1. The summed E-state index contributed by atoms with van der Waals surface area (Å²) in [6.45, 7) is 4.58. The number of nitrogens with zero attached hydrogens (tertiary/aromatic N) is 6. The number of aromatic nitrogens is 6. The van der Waals surface area contributed by atoms with E-state index in [0.29, 0.717) is 24.0 Å². The molecule has 1 unspecified atom stereocenters. The largest absolute Gasteiger partial charge is 0.339 e. The number of rotatable bonds is 4. The van der Waals surface area contributed by atoms with E-state index in [0.717, 1.165) is 5.69 Å². The Hall–Kier alpha value is -2.57. The highest BCUT2D eigenvalue weighted by Gasteiger charge is 2.16. The molecule has 20 heavy (non-hydrogen) atoms. The maximum Gasteiger partial charge on any atom is 0.231 e. The molecular weight excluding hydrogens is 256 g/mol. The van der Waals surface area contributed by atoms with E-state index in [1.54, 1.807) is 6.20 Å². The zero-order chi connectivity index (χ0) is 13.9. The Labute approximate surface area is 115 Å². The van der Waals surface area contributed by atoms with Gasteiger partial charge >= 0.3 is 0 Å². The molecule has 0 spiro atoms. The van der Waals surface area contributed by atoms with Crippen LogP contribution in [0.2, 0.25) is 0 Å². The van der Waals surface area contributed by atoms with E-state index in [1.807, 2.05) is 42.9 Å². The summed E-state index contributed by atoms with van der Waals surface area (Å²) in [6, 6.07) is 5.58. The summed E-state index contributed by atoms with van der Waals surface area (Å²) in [6.07, 6.45) is 3.65. The van der Waals surface area contributed by atoms with Crippen molar-refractivity contribution in [3.8, 4) is 11.5 Å². The fraction of sp³-hybridized carbons (Fsp3) is 0.308. The third kappa shape index (κ3) is 2.56. The fourth-order valence-corrected chi connectivity index (χ4v) is 1.82. The summed E-state index contributed by atoms with van der Waals surface area (Å²) in [4.78, 5) is 4.37. The lowest BCUT2D eigenvalue weighted by Gasteiger charge is -2.05. The highest BCUT2D eigenvalue weighted by molar-refractivity contribution is 5.46. The van der Waals surface area contributed by atoms with Gasteiger partial charge in [0.25, 0.3) is 0 Å². The van der Waals surface area contributed by atoms with Crippen LogP contribution in [0.3, 0.4) is 0 Å². The molecule has 0 N–H and O–H groups in total. The summed E-state index contributed by atoms with van der Waals surface area (Å²) in [5.41, 5.74) is 1.46. The monoisotopic (exact) mass is 270 g/mol. The molecule has 0 aliphatic rings. The van der Waals surface area contributed by atoms with Crippen molar-refractivity contribution < 1.29 is 4.52 Å². The lowest BCUT2D eigenvalue weighted by molar-refractivity contribution is 0.343. The summed E-state index contributed by atoms with van der Waals surface area (Å²) < 4.78 is 7.12. The van der Waals surface area contributed by atoms with Crippen molar-refractivity contribution in [2.45, 2.75) is 26.3 Å². The van der Waals surface area contributed by atoms with Gasteiger partial charge in [0.2, 0.25) is 11.7 Å². The molecule has 0 radical (unpaired) electrons. The minimum absolute atomic E-state index is 0.0783. The molecule has 3 aromatic heterocycles. The Morgan fingerprint density at radius 1 is 1.30 bits per heavy atom. The Kier molecular flexibility index (Phi) is 3.24. The predicted molar refractivity (Wildman–Crippen MR) is 70.7 cm³/mol. The van der Waals surface area contributed by atoms with Crippen LogP contribution in [0.5, 0.6) is 0 Å². The van der Waals surface area contributed by atoms with Gasteiger partial charge in [-0.25, -0.2) is 0 Å². The molecule has 0 saturated heterocycles. The standard InChI is InChI=1S/C13H14N6O/c1-9(8-19-7-3-6-14-19)13-15-12(18-20-13)11-5-4-10(2)16-17-11/h3-7,9H,8H2,1-2H3. The van der Waals surface area contributed by atoms with E-state index >= 15 is 0 Å². The molecular formula is C13H14N6O. The molecule has 0 aliphatic carbocycles. The van der Waals surface area contributed by atoms with Crippen molar-refractivity contribution in [1.29, 1.82) is 0 Å².